The maximum atomic E-state index is 5.82. The monoisotopic (exact) mass is 396 g/mol. The predicted octanol–water partition coefficient (Wildman–Crippen LogP) is 7.13. The number of thioether (sulfide) groups is 1. The topological polar surface area (TPSA) is 34.1 Å². The lowest BCUT2D eigenvalue weighted by Crippen LogP contribution is -1.90. The Morgan fingerprint density at radius 1 is 0.923 bits per heavy atom. The molecular weight excluding hydrogens is 380 g/mol. The molecule has 2 aromatic heterocycles. The Kier molecular flexibility index (Phi) is 5.24. The Hall–Kier alpha value is -2.28. The first-order valence-corrected chi connectivity index (χ1v) is 11.0. The Morgan fingerprint density at radius 2 is 1.69 bits per heavy atom. The maximum absolute atomic E-state index is 5.82. The van der Waals surface area contributed by atoms with Gasteiger partial charge < -0.3 is 10.1 Å². The van der Waals surface area contributed by atoms with Crippen LogP contribution in [0.2, 0.25) is 0 Å². The van der Waals surface area contributed by atoms with Gasteiger partial charge in [-0.05, 0) is 54.1 Å². The number of hydrogen-bond donors (Lipinski definition) is 1. The van der Waals surface area contributed by atoms with Crippen molar-refractivity contribution < 1.29 is 4.74 Å². The van der Waals surface area contributed by atoms with Gasteiger partial charge in [-0.25, -0.2) is 4.98 Å². The van der Waals surface area contributed by atoms with E-state index in [-0.39, 0.29) is 0 Å². The van der Waals surface area contributed by atoms with Gasteiger partial charge in [0.15, 0.2) is 5.13 Å². The summed E-state index contributed by atoms with van der Waals surface area (Å²) in [5.41, 5.74) is 3.22. The molecule has 0 unspecified atom stereocenters. The van der Waals surface area contributed by atoms with E-state index in [0.717, 1.165) is 28.0 Å². The Balaban J connectivity index is 1.45. The first kappa shape index (κ1) is 17.1. The van der Waals surface area contributed by atoms with Crippen LogP contribution >= 0.6 is 34.4 Å². The third-order valence-electron chi connectivity index (χ3n) is 3.68. The first-order chi connectivity index (χ1) is 12.8. The van der Waals surface area contributed by atoms with Gasteiger partial charge in [0.05, 0.1) is 9.90 Å². The van der Waals surface area contributed by atoms with Crippen LogP contribution in [0.5, 0.6) is 11.5 Å². The van der Waals surface area contributed by atoms with Gasteiger partial charge in [0.1, 0.15) is 11.5 Å². The molecule has 1 N–H and O–H groups in total. The lowest BCUT2D eigenvalue weighted by Gasteiger charge is -2.07. The highest BCUT2D eigenvalue weighted by atomic mass is 32.2. The number of nitrogens with one attached hydrogen (secondary N) is 1. The Bertz CT molecular complexity index is 978. The van der Waals surface area contributed by atoms with Crippen LogP contribution in [0, 0.1) is 0 Å². The average molecular weight is 397 g/mol. The molecule has 2 aromatic carbocycles. The number of rotatable bonds is 6. The first-order valence-electron chi connectivity index (χ1n) is 7.99. The van der Waals surface area contributed by atoms with E-state index in [4.69, 9.17) is 9.72 Å². The Morgan fingerprint density at radius 3 is 2.46 bits per heavy atom. The quantitative estimate of drug-likeness (QED) is 0.352. The van der Waals surface area contributed by atoms with E-state index in [1.165, 1.54) is 9.77 Å². The summed E-state index contributed by atoms with van der Waals surface area (Å²) >= 11 is 5.12. The average Bonchev–Trinajstić information content (AvgIpc) is 3.33. The van der Waals surface area contributed by atoms with Gasteiger partial charge >= 0.3 is 0 Å². The van der Waals surface area contributed by atoms with Crippen molar-refractivity contribution in [2.45, 2.75) is 4.21 Å². The molecule has 0 bridgehead atoms. The molecule has 0 saturated heterocycles. The van der Waals surface area contributed by atoms with Crippen molar-refractivity contribution >= 4 is 45.3 Å². The highest BCUT2D eigenvalue weighted by Gasteiger charge is 2.10. The minimum absolute atomic E-state index is 0.810. The van der Waals surface area contributed by atoms with E-state index in [1.54, 1.807) is 34.4 Å². The van der Waals surface area contributed by atoms with Crippen LogP contribution < -0.4 is 10.1 Å². The summed E-state index contributed by atoms with van der Waals surface area (Å²) in [6, 6.07) is 19.8. The van der Waals surface area contributed by atoms with Crippen LogP contribution in [0.15, 0.2) is 75.6 Å². The molecule has 0 atom stereocenters. The van der Waals surface area contributed by atoms with Crippen LogP contribution in [0.25, 0.3) is 11.3 Å². The number of thiazole rings is 1. The molecule has 2 heterocycles. The highest BCUT2D eigenvalue weighted by Crippen LogP contribution is 2.36. The van der Waals surface area contributed by atoms with Crippen molar-refractivity contribution in [1.29, 1.82) is 0 Å². The molecular formula is C20H16N2OS3. The molecule has 0 spiro atoms. The van der Waals surface area contributed by atoms with Crippen molar-refractivity contribution in [2.24, 2.45) is 0 Å². The molecule has 4 aromatic rings. The van der Waals surface area contributed by atoms with E-state index in [0.29, 0.717) is 0 Å². The zero-order chi connectivity index (χ0) is 17.8. The standard InChI is InChI=1S/C20H16N2OS3/c1-24-19-17(11-12-25-19)18-13-26-20(22-18)21-14-7-9-16(10-8-14)23-15-5-3-2-4-6-15/h2-13H,1H3,(H,21,22). The van der Waals surface area contributed by atoms with Gasteiger partial charge in [-0.1, -0.05) is 18.2 Å². The summed E-state index contributed by atoms with van der Waals surface area (Å²) < 4.78 is 7.12. The summed E-state index contributed by atoms with van der Waals surface area (Å²) in [7, 11) is 0. The number of aromatic nitrogens is 1. The van der Waals surface area contributed by atoms with Gasteiger partial charge in [-0.2, -0.15) is 0 Å². The molecule has 4 rings (SSSR count). The van der Waals surface area contributed by atoms with E-state index < -0.39 is 0 Å². The fourth-order valence-electron chi connectivity index (χ4n) is 2.45. The molecule has 3 nitrogen and oxygen atoms in total. The van der Waals surface area contributed by atoms with Crippen molar-refractivity contribution in [3.8, 4) is 22.8 Å². The van der Waals surface area contributed by atoms with Crippen LogP contribution in [-0.2, 0) is 0 Å². The molecule has 26 heavy (non-hydrogen) atoms. The molecule has 0 aliphatic heterocycles. The lowest BCUT2D eigenvalue weighted by atomic mass is 10.3. The van der Waals surface area contributed by atoms with E-state index in [1.807, 2.05) is 54.6 Å². The second-order valence-electron chi connectivity index (χ2n) is 5.43. The summed E-state index contributed by atoms with van der Waals surface area (Å²) in [6.45, 7) is 0. The van der Waals surface area contributed by atoms with Crippen LogP contribution in [0.4, 0.5) is 10.8 Å². The molecule has 0 saturated carbocycles. The summed E-state index contributed by atoms with van der Waals surface area (Å²) in [5.74, 6) is 1.64. The molecule has 6 heteroatoms. The number of hydrogen-bond acceptors (Lipinski definition) is 6. The molecule has 0 aliphatic rings. The van der Waals surface area contributed by atoms with Gasteiger partial charge in [-0.3, -0.25) is 0 Å². The van der Waals surface area contributed by atoms with Gasteiger partial charge in [0.2, 0.25) is 0 Å². The van der Waals surface area contributed by atoms with Crippen LogP contribution in [-0.4, -0.2) is 11.2 Å². The van der Waals surface area contributed by atoms with Crippen molar-refractivity contribution in [3.05, 3.63) is 71.4 Å². The Labute approximate surface area is 164 Å². The van der Waals surface area contributed by atoms with Crippen molar-refractivity contribution in [3.63, 3.8) is 0 Å². The fraction of sp³-hybridized carbons (Fsp3) is 0.0500. The normalized spacial score (nSPS) is 10.7. The van der Waals surface area contributed by atoms with Gasteiger partial charge in [-0.15, -0.1) is 34.4 Å². The second-order valence-corrected chi connectivity index (χ2v) is 8.28. The minimum Gasteiger partial charge on any atom is -0.457 e. The van der Waals surface area contributed by atoms with Gasteiger partial charge in [0.25, 0.3) is 0 Å². The maximum Gasteiger partial charge on any atom is 0.187 e. The number of anilines is 2. The number of para-hydroxylation sites is 1. The SMILES string of the molecule is CSc1sccc1-c1csc(Nc2ccc(Oc3ccccc3)cc2)n1. The van der Waals surface area contributed by atoms with E-state index in [2.05, 4.69) is 28.4 Å². The smallest absolute Gasteiger partial charge is 0.187 e. The second kappa shape index (κ2) is 7.95. The lowest BCUT2D eigenvalue weighted by molar-refractivity contribution is 0.483. The van der Waals surface area contributed by atoms with Crippen LogP contribution in [0.3, 0.4) is 0 Å². The number of thiophene rings is 1. The summed E-state index contributed by atoms with van der Waals surface area (Å²) in [6.07, 6.45) is 2.10. The van der Waals surface area contributed by atoms with Crippen LogP contribution in [0.1, 0.15) is 0 Å². The van der Waals surface area contributed by atoms with Crippen molar-refractivity contribution in [1.82, 2.24) is 4.98 Å². The largest absolute Gasteiger partial charge is 0.457 e. The van der Waals surface area contributed by atoms with E-state index in [9.17, 15) is 0 Å². The van der Waals surface area contributed by atoms with Crippen molar-refractivity contribution in [2.75, 3.05) is 11.6 Å². The minimum atomic E-state index is 0.810. The zero-order valence-corrected chi connectivity index (χ0v) is 16.5. The predicted molar refractivity (Wildman–Crippen MR) is 113 cm³/mol. The van der Waals surface area contributed by atoms with E-state index >= 15 is 0 Å². The zero-order valence-electron chi connectivity index (χ0n) is 14.0. The number of benzene rings is 2. The molecule has 130 valence electrons. The summed E-state index contributed by atoms with van der Waals surface area (Å²) in [5, 5.41) is 8.45. The fourth-order valence-corrected chi connectivity index (χ4v) is 4.75. The highest BCUT2D eigenvalue weighted by molar-refractivity contribution is 8.00. The third-order valence-corrected chi connectivity index (χ3v) is 6.52. The third kappa shape index (κ3) is 3.93. The number of nitrogens with zero attached hydrogens (tertiary/aromatic N) is 1. The van der Waals surface area contributed by atoms with Gasteiger partial charge in [0, 0.05) is 16.6 Å². The molecule has 0 amide bonds. The molecule has 0 aliphatic carbocycles. The summed E-state index contributed by atoms with van der Waals surface area (Å²) in [4.78, 5) is 4.72. The molecule has 0 fully saturated rings. The molecule has 0 radical (unpaired) electrons. The number of ether oxygens (including phenoxy) is 1.